The lowest BCUT2D eigenvalue weighted by atomic mass is 10.2. The average molecular weight is 441 g/mol. The Morgan fingerprint density at radius 1 is 1.11 bits per heavy atom. The van der Waals surface area contributed by atoms with Gasteiger partial charge < -0.3 is 18.9 Å². The summed E-state index contributed by atoms with van der Waals surface area (Å²) in [6.07, 6.45) is -0.412. The highest BCUT2D eigenvalue weighted by molar-refractivity contribution is 7.99. The van der Waals surface area contributed by atoms with Gasteiger partial charge in [0.1, 0.15) is 24.7 Å². The first-order chi connectivity index (χ1) is 13.4. The molecular weight excluding hydrogens is 419 g/mol. The van der Waals surface area contributed by atoms with Crippen LogP contribution in [0.5, 0.6) is 11.5 Å². The monoisotopic (exact) mass is 440 g/mol. The lowest BCUT2D eigenvalue weighted by Crippen LogP contribution is -2.42. The molecular formula is C21H22Cl2O4S. The van der Waals surface area contributed by atoms with Crippen molar-refractivity contribution < 1.29 is 18.9 Å². The van der Waals surface area contributed by atoms with Crippen LogP contribution in [-0.4, -0.2) is 31.5 Å². The minimum absolute atomic E-state index is 0.137. The minimum atomic E-state index is -0.276. The van der Waals surface area contributed by atoms with Crippen molar-refractivity contribution in [2.75, 3.05) is 19.0 Å². The number of ether oxygens (including phenoxy) is 4. The third kappa shape index (κ3) is 6.06. The van der Waals surface area contributed by atoms with E-state index >= 15 is 0 Å². The summed E-state index contributed by atoms with van der Waals surface area (Å²) in [4.78, 5) is 1.14. The van der Waals surface area contributed by atoms with Gasteiger partial charge in [-0.25, -0.2) is 0 Å². The van der Waals surface area contributed by atoms with Gasteiger partial charge in [-0.05, 0) is 55.3 Å². The van der Waals surface area contributed by atoms with E-state index in [2.05, 4.69) is 12.6 Å². The maximum absolute atomic E-state index is 5.99. The summed E-state index contributed by atoms with van der Waals surface area (Å²) in [5.74, 6) is 2.26. The molecule has 0 radical (unpaired) electrons. The van der Waals surface area contributed by atoms with Gasteiger partial charge in [0, 0.05) is 16.7 Å². The fourth-order valence-electron chi connectivity index (χ4n) is 2.53. The summed E-state index contributed by atoms with van der Waals surface area (Å²) >= 11 is 13.6. The highest BCUT2D eigenvalue weighted by Crippen LogP contribution is 2.29. The van der Waals surface area contributed by atoms with Crippen molar-refractivity contribution in [1.82, 2.24) is 0 Å². The van der Waals surface area contributed by atoms with Crippen LogP contribution in [0.2, 0.25) is 10.0 Å². The molecule has 1 heterocycles. The number of benzene rings is 2. The third-order valence-corrected chi connectivity index (χ3v) is 5.86. The molecule has 28 heavy (non-hydrogen) atoms. The van der Waals surface area contributed by atoms with Crippen LogP contribution in [-0.2, 0) is 9.47 Å². The van der Waals surface area contributed by atoms with Crippen molar-refractivity contribution in [3.05, 3.63) is 64.2 Å². The molecule has 4 nitrogen and oxygen atoms in total. The van der Waals surface area contributed by atoms with Gasteiger partial charge in [-0.2, -0.15) is 0 Å². The summed E-state index contributed by atoms with van der Waals surface area (Å²) in [5.41, 5.74) is 2.04. The SMILES string of the molecule is C=C(COc1ccc(Cl)c(Cl)c1)CSc1ccc(OCC2OC(C)O2)c(C)c1. The zero-order valence-electron chi connectivity index (χ0n) is 15.7. The number of thioether (sulfide) groups is 1. The minimum Gasteiger partial charge on any atom is -0.489 e. The molecule has 0 spiro atoms. The molecule has 0 unspecified atom stereocenters. The molecule has 1 saturated heterocycles. The molecule has 1 aliphatic heterocycles. The van der Waals surface area contributed by atoms with E-state index in [0.29, 0.717) is 29.0 Å². The van der Waals surface area contributed by atoms with E-state index in [9.17, 15) is 0 Å². The van der Waals surface area contributed by atoms with Gasteiger partial charge >= 0.3 is 0 Å². The van der Waals surface area contributed by atoms with Crippen molar-refractivity contribution >= 4 is 35.0 Å². The zero-order chi connectivity index (χ0) is 20.1. The number of rotatable bonds is 9. The molecule has 0 aliphatic carbocycles. The summed E-state index contributed by atoms with van der Waals surface area (Å²) in [6.45, 7) is 8.77. The second kappa shape index (κ2) is 9.90. The lowest BCUT2D eigenvalue weighted by Gasteiger charge is -2.33. The average Bonchev–Trinajstić information content (AvgIpc) is 2.64. The second-order valence-corrected chi connectivity index (χ2v) is 8.27. The van der Waals surface area contributed by atoms with E-state index < -0.39 is 0 Å². The number of hydrogen-bond donors (Lipinski definition) is 0. The molecule has 0 saturated carbocycles. The Labute approximate surface area is 179 Å². The van der Waals surface area contributed by atoms with Gasteiger partial charge in [0.25, 0.3) is 0 Å². The van der Waals surface area contributed by atoms with Crippen molar-refractivity contribution in [2.45, 2.75) is 31.3 Å². The van der Waals surface area contributed by atoms with Crippen LogP contribution in [0.25, 0.3) is 0 Å². The zero-order valence-corrected chi connectivity index (χ0v) is 18.1. The molecule has 0 N–H and O–H groups in total. The maximum Gasteiger partial charge on any atom is 0.197 e. The molecule has 0 aromatic heterocycles. The Kier molecular flexibility index (Phi) is 7.55. The van der Waals surface area contributed by atoms with E-state index in [0.717, 1.165) is 27.5 Å². The van der Waals surface area contributed by atoms with Crippen LogP contribution < -0.4 is 9.47 Å². The highest BCUT2D eigenvalue weighted by atomic mass is 35.5. The van der Waals surface area contributed by atoms with E-state index in [4.69, 9.17) is 42.1 Å². The molecule has 150 valence electrons. The van der Waals surface area contributed by atoms with Crippen LogP contribution in [0.4, 0.5) is 0 Å². The largest absolute Gasteiger partial charge is 0.489 e. The van der Waals surface area contributed by atoms with Crippen LogP contribution in [0, 0.1) is 6.92 Å². The van der Waals surface area contributed by atoms with Gasteiger partial charge in [0.05, 0.1) is 10.0 Å². The fraction of sp³-hybridized carbons (Fsp3) is 0.333. The first kappa shape index (κ1) is 21.3. The Balaban J connectivity index is 1.42. The summed E-state index contributed by atoms with van der Waals surface area (Å²) in [6, 6.07) is 11.3. The number of aryl methyl sites for hydroxylation is 1. The van der Waals surface area contributed by atoms with Crippen molar-refractivity contribution in [3.63, 3.8) is 0 Å². The van der Waals surface area contributed by atoms with Crippen LogP contribution in [0.1, 0.15) is 12.5 Å². The topological polar surface area (TPSA) is 36.9 Å². The van der Waals surface area contributed by atoms with Gasteiger partial charge in [0.15, 0.2) is 12.6 Å². The molecule has 0 amide bonds. The molecule has 2 aromatic rings. The van der Waals surface area contributed by atoms with E-state index in [1.54, 1.807) is 30.0 Å². The molecule has 3 rings (SSSR count). The number of halogens is 2. The van der Waals surface area contributed by atoms with E-state index in [1.165, 1.54) is 0 Å². The molecule has 2 aromatic carbocycles. The van der Waals surface area contributed by atoms with E-state index in [-0.39, 0.29) is 12.6 Å². The smallest absolute Gasteiger partial charge is 0.197 e. The number of hydrogen-bond acceptors (Lipinski definition) is 5. The molecule has 7 heteroatoms. The van der Waals surface area contributed by atoms with Gasteiger partial charge in [-0.15, -0.1) is 11.8 Å². The van der Waals surface area contributed by atoms with Crippen LogP contribution in [0.3, 0.4) is 0 Å². The van der Waals surface area contributed by atoms with E-state index in [1.807, 2.05) is 26.0 Å². The molecule has 1 fully saturated rings. The van der Waals surface area contributed by atoms with Crippen molar-refractivity contribution in [3.8, 4) is 11.5 Å². The summed E-state index contributed by atoms with van der Waals surface area (Å²) in [7, 11) is 0. The lowest BCUT2D eigenvalue weighted by molar-refractivity contribution is -0.380. The predicted molar refractivity (Wildman–Crippen MR) is 114 cm³/mol. The van der Waals surface area contributed by atoms with Gasteiger partial charge in [-0.1, -0.05) is 29.8 Å². The quantitative estimate of drug-likeness (QED) is 0.346. The van der Waals surface area contributed by atoms with Crippen LogP contribution in [0.15, 0.2) is 53.4 Å². The maximum atomic E-state index is 5.99. The summed E-state index contributed by atoms with van der Waals surface area (Å²) in [5, 5.41) is 0.982. The third-order valence-electron chi connectivity index (χ3n) is 3.99. The Bertz CT molecular complexity index is 837. The van der Waals surface area contributed by atoms with Crippen LogP contribution >= 0.6 is 35.0 Å². The normalized spacial score (nSPS) is 18.4. The molecule has 0 atom stereocenters. The second-order valence-electron chi connectivity index (χ2n) is 6.41. The van der Waals surface area contributed by atoms with Gasteiger partial charge in [-0.3, -0.25) is 0 Å². The Hall–Kier alpha value is -1.37. The van der Waals surface area contributed by atoms with Crippen molar-refractivity contribution in [1.29, 1.82) is 0 Å². The summed E-state index contributed by atoms with van der Waals surface area (Å²) < 4.78 is 22.2. The Morgan fingerprint density at radius 2 is 1.89 bits per heavy atom. The first-order valence-corrected chi connectivity index (χ1v) is 10.6. The standard InChI is InChI=1S/C21H22Cl2O4S/c1-13(10-24-16-4-6-18(22)19(23)9-16)12-28-17-5-7-20(14(2)8-17)25-11-21-26-15(3)27-21/h4-9,15,21H,1,10-12H2,2-3H3. The fourth-order valence-corrected chi connectivity index (χ4v) is 3.69. The molecule has 0 bridgehead atoms. The molecule has 1 aliphatic rings. The van der Waals surface area contributed by atoms with Crippen molar-refractivity contribution in [2.24, 2.45) is 0 Å². The first-order valence-electron chi connectivity index (χ1n) is 8.82. The predicted octanol–water partition coefficient (Wildman–Crippen LogP) is 6.13. The highest BCUT2D eigenvalue weighted by Gasteiger charge is 2.27. The van der Waals surface area contributed by atoms with Gasteiger partial charge in [0.2, 0.25) is 0 Å². The Morgan fingerprint density at radius 3 is 2.57 bits per heavy atom.